The van der Waals surface area contributed by atoms with Crippen molar-refractivity contribution in [3.8, 4) is 5.75 Å². The number of carbonyl (C=O) groups is 1. The Kier molecular flexibility index (Phi) is 6.01. The molecule has 0 radical (unpaired) electrons. The molecule has 3 rings (SSSR count). The maximum absolute atomic E-state index is 12.5. The normalized spacial score (nSPS) is 11.1. The average molecular weight is 417 g/mol. The summed E-state index contributed by atoms with van der Waals surface area (Å²) in [5.74, 6) is 0.210. The van der Waals surface area contributed by atoms with Crippen molar-refractivity contribution in [3.05, 3.63) is 71.6 Å². The van der Waals surface area contributed by atoms with E-state index in [1.807, 2.05) is 31.2 Å². The molecule has 0 bridgehead atoms. The zero-order chi connectivity index (χ0) is 20.1. The monoisotopic (exact) mass is 416 g/mol. The van der Waals surface area contributed by atoms with Crippen LogP contribution in [0.2, 0.25) is 0 Å². The molecule has 146 valence electrons. The van der Waals surface area contributed by atoms with Crippen molar-refractivity contribution in [1.82, 2.24) is 0 Å². The number of amides is 1. The highest BCUT2D eigenvalue weighted by Crippen LogP contribution is 2.26. The van der Waals surface area contributed by atoms with Gasteiger partial charge in [-0.05, 0) is 54.3 Å². The van der Waals surface area contributed by atoms with Crippen LogP contribution in [0, 0.1) is 6.92 Å². The topological polar surface area (TPSA) is 75.7 Å². The van der Waals surface area contributed by atoms with Crippen LogP contribution in [0.1, 0.15) is 5.56 Å². The Bertz CT molecular complexity index is 1050. The van der Waals surface area contributed by atoms with E-state index in [4.69, 9.17) is 4.74 Å². The molecule has 1 amide bonds. The highest BCUT2D eigenvalue weighted by Gasteiger charge is 2.22. The summed E-state index contributed by atoms with van der Waals surface area (Å²) in [5.41, 5.74) is 2.21. The van der Waals surface area contributed by atoms with Crippen LogP contribution >= 0.6 is 11.3 Å². The number of aryl methyl sites for hydroxylation is 1. The number of hydrogen-bond acceptors (Lipinski definition) is 5. The molecule has 3 aromatic rings. The molecular weight excluding hydrogens is 396 g/mol. The maximum Gasteiger partial charge on any atom is 0.273 e. The van der Waals surface area contributed by atoms with Gasteiger partial charge in [0, 0.05) is 12.7 Å². The Hall–Kier alpha value is -2.84. The Morgan fingerprint density at radius 2 is 1.79 bits per heavy atom. The highest BCUT2D eigenvalue weighted by molar-refractivity contribution is 7.94. The third-order valence-electron chi connectivity index (χ3n) is 4.10. The number of hydrogen-bond donors (Lipinski definition) is 1. The first kappa shape index (κ1) is 19.9. The number of nitrogens with zero attached hydrogens (tertiary/aromatic N) is 1. The Labute approximate surface area is 168 Å². The predicted molar refractivity (Wildman–Crippen MR) is 112 cm³/mol. The summed E-state index contributed by atoms with van der Waals surface area (Å²) in [4.78, 5) is 12.1. The van der Waals surface area contributed by atoms with Gasteiger partial charge in [0.05, 0.1) is 5.69 Å². The summed E-state index contributed by atoms with van der Waals surface area (Å²) in [7, 11) is -2.08. The van der Waals surface area contributed by atoms with Crippen molar-refractivity contribution in [1.29, 1.82) is 0 Å². The fourth-order valence-electron chi connectivity index (χ4n) is 2.48. The third kappa shape index (κ3) is 4.52. The zero-order valence-electron chi connectivity index (χ0n) is 15.5. The molecule has 0 atom stereocenters. The van der Waals surface area contributed by atoms with E-state index < -0.39 is 10.0 Å². The Morgan fingerprint density at radius 3 is 2.43 bits per heavy atom. The molecule has 8 heteroatoms. The fraction of sp³-hybridized carbons (Fsp3) is 0.150. The standard InChI is InChI=1S/C20H20N2O4S2/c1-15-6-3-4-7-18(15)21-19(23)14-26-17-11-9-16(10-12-17)22(2)28(24,25)20-8-5-13-27-20/h3-13H,14H2,1-2H3,(H,21,23). The van der Waals surface area contributed by atoms with Crippen LogP contribution < -0.4 is 14.4 Å². The molecule has 0 spiro atoms. The van der Waals surface area contributed by atoms with Crippen molar-refractivity contribution in [3.63, 3.8) is 0 Å². The molecule has 0 saturated heterocycles. The molecule has 1 N–H and O–H groups in total. The fourth-order valence-corrected chi connectivity index (χ4v) is 4.84. The van der Waals surface area contributed by atoms with Crippen molar-refractivity contribution in [2.75, 3.05) is 23.3 Å². The van der Waals surface area contributed by atoms with Crippen molar-refractivity contribution in [2.45, 2.75) is 11.1 Å². The Morgan fingerprint density at radius 1 is 1.07 bits per heavy atom. The SMILES string of the molecule is Cc1ccccc1NC(=O)COc1ccc(N(C)S(=O)(=O)c2cccs2)cc1. The molecule has 28 heavy (non-hydrogen) atoms. The van der Waals surface area contributed by atoms with Gasteiger partial charge in [0.15, 0.2) is 6.61 Å². The first-order chi connectivity index (χ1) is 13.4. The summed E-state index contributed by atoms with van der Waals surface area (Å²) >= 11 is 1.17. The second kappa shape index (κ2) is 8.45. The van der Waals surface area contributed by atoms with Gasteiger partial charge >= 0.3 is 0 Å². The number of rotatable bonds is 7. The van der Waals surface area contributed by atoms with Crippen molar-refractivity contribution >= 4 is 38.6 Å². The lowest BCUT2D eigenvalue weighted by Crippen LogP contribution is -2.25. The van der Waals surface area contributed by atoms with Crippen molar-refractivity contribution in [2.24, 2.45) is 0 Å². The van der Waals surface area contributed by atoms with Gasteiger partial charge in [0.2, 0.25) is 0 Å². The maximum atomic E-state index is 12.5. The first-order valence-corrected chi connectivity index (χ1v) is 10.8. The second-order valence-corrected chi connectivity index (χ2v) is 9.19. The summed E-state index contributed by atoms with van der Waals surface area (Å²) in [5, 5.41) is 4.52. The van der Waals surface area contributed by atoms with Gasteiger partial charge in [0.25, 0.3) is 15.9 Å². The smallest absolute Gasteiger partial charge is 0.273 e. The number of nitrogens with one attached hydrogen (secondary N) is 1. The highest BCUT2D eigenvalue weighted by atomic mass is 32.2. The van der Waals surface area contributed by atoms with Crippen LogP contribution in [0.3, 0.4) is 0 Å². The number of benzene rings is 2. The van der Waals surface area contributed by atoms with E-state index >= 15 is 0 Å². The molecule has 0 fully saturated rings. The minimum absolute atomic E-state index is 0.142. The van der Waals surface area contributed by atoms with Gasteiger partial charge in [-0.15, -0.1) is 11.3 Å². The van der Waals surface area contributed by atoms with E-state index in [0.29, 0.717) is 11.4 Å². The minimum Gasteiger partial charge on any atom is -0.484 e. The zero-order valence-corrected chi connectivity index (χ0v) is 17.1. The van der Waals surface area contributed by atoms with E-state index in [0.717, 1.165) is 11.3 Å². The van der Waals surface area contributed by atoms with Crippen LogP contribution in [0.5, 0.6) is 5.75 Å². The number of thiophene rings is 1. The van der Waals surface area contributed by atoms with Crippen LogP contribution in [0.4, 0.5) is 11.4 Å². The Balaban J connectivity index is 1.60. The summed E-state index contributed by atoms with van der Waals surface area (Å²) in [6, 6.07) is 17.3. The molecule has 0 saturated carbocycles. The largest absolute Gasteiger partial charge is 0.484 e. The van der Waals surface area contributed by atoms with Crippen LogP contribution in [0.15, 0.2) is 70.3 Å². The van der Waals surface area contributed by atoms with Gasteiger partial charge in [-0.1, -0.05) is 24.3 Å². The minimum atomic E-state index is -3.58. The number of ether oxygens (including phenoxy) is 1. The number of carbonyl (C=O) groups excluding carboxylic acids is 1. The number of anilines is 2. The lowest BCUT2D eigenvalue weighted by molar-refractivity contribution is -0.118. The predicted octanol–water partition coefficient (Wildman–Crippen LogP) is 3.90. The molecule has 0 unspecified atom stereocenters. The lowest BCUT2D eigenvalue weighted by Gasteiger charge is -2.18. The summed E-state index contributed by atoms with van der Waals surface area (Å²) in [6.07, 6.45) is 0. The average Bonchev–Trinajstić information content (AvgIpc) is 3.24. The van der Waals surface area contributed by atoms with Gasteiger partial charge < -0.3 is 10.1 Å². The molecule has 1 aromatic heterocycles. The molecular formula is C20H20N2O4S2. The van der Waals surface area contributed by atoms with Crippen LogP contribution in [0.25, 0.3) is 0 Å². The molecule has 2 aromatic carbocycles. The van der Waals surface area contributed by atoms with E-state index in [9.17, 15) is 13.2 Å². The van der Waals surface area contributed by atoms with Gasteiger partial charge in [0.1, 0.15) is 9.96 Å². The first-order valence-electron chi connectivity index (χ1n) is 8.49. The molecule has 0 aliphatic carbocycles. The van der Waals surface area contributed by atoms with Crippen LogP contribution in [-0.2, 0) is 14.8 Å². The van der Waals surface area contributed by atoms with E-state index in [-0.39, 0.29) is 16.7 Å². The van der Waals surface area contributed by atoms with Gasteiger partial charge in [-0.2, -0.15) is 0 Å². The third-order valence-corrected chi connectivity index (χ3v) is 7.26. The van der Waals surface area contributed by atoms with Gasteiger partial charge in [-0.3, -0.25) is 9.10 Å². The van der Waals surface area contributed by atoms with Crippen molar-refractivity contribution < 1.29 is 17.9 Å². The molecule has 1 heterocycles. The van der Waals surface area contributed by atoms with E-state index in [1.165, 1.54) is 22.7 Å². The number of para-hydroxylation sites is 1. The molecule has 6 nitrogen and oxygen atoms in total. The van der Waals surface area contributed by atoms with Gasteiger partial charge in [-0.25, -0.2) is 8.42 Å². The van der Waals surface area contributed by atoms with Crippen LogP contribution in [-0.4, -0.2) is 28.0 Å². The lowest BCUT2D eigenvalue weighted by atomic mass is 10.2. The second-order valence-electron chi connectivity index (χ2n) is 6.05. The quantitative estimate of drug-likeness (QED) is 0.634. The molecule has 0 aliphatic rings. The number of sulfonamides is 1. The summed E-state index contributed by atoms with van der Waals surface area (Å²) < 4.78 is 32.1. The van der Waals surface area contributed by atoms with E-state index in [2.05, 4.69) is 5.32 Å². The van der Waals surface area contributed by atoms with E-state index in [1.54, 1.807) is 41.8 Å². The summed E-state index contributed by atoms with van der Waals surface area (Å²) in [6.45, 7) is 1.77. The molecule has 0 aliphatic heterocycles.